The lowest BCUT2D eigenvalue weighted by molar-refractivity contribution is -0.122. The minimum absolute atomic E-state index is 0.126. The second kappa shape index (κ2) is 7.67. The highest BCUT2D eigenvalue weighted by Crippen LogP contribution is 2.41. The van der Waals surface area contributed by atoms with Gasteiger partial charge in [-0.1, -0.05) is 19.9 Å². The van der Waals surface area contributed by atoms with Gasteiger partial charge in [0.2, 0.25) is 5.91 Å². The lowest BCUT2D eigenvalue weighted by Gasteiger charge is -2.36. The number of benzene rings is 1. The summed E-state index contributed by atoms with van der Waals surface area (Å²) in [6.07, 6.45) is 7.26. The molecule has 1 aliphatic heterocycles. The normalized spacial score (nSPS) is 24.3. The molecule has 2 unspecified atom stereocenters. The van der Waals surface area contributed by atoms with E-state index in [0.717, 1.165) is 24.4 Å². The molecular formula is C22H29NO2S. The van der Waals surface area contributed by atoms with Crippen molar-refractivity contribution in [2.75, 3.05) is 12.4 Å². The second-order valence-corrected chi connectivity index (χ2v) is 9.48. The van der Waals surface area contributed by atoms with Gasteiger partial charge in [-0.25, -0.2) is 0 Å². The van der Waals surface area contributed by atoms with Crippen molar-refractivity contribution in [3.8, 4) is 0 Å². The van der Waals surface area contributed by atoms with E-state index in [-0.39, 0.29) is 11.9 Å². The van der Waals surface area contributed by atoms with E-state index in [1.807, 2.05) is 11.8 Å². The standard InChI is InChI=1S/C22H29NO2S/c1-14(2)13-26-18-7-5-16-6-8-21-20(19(16)11-18)10-17(12-25-21)23-22(24)9-15-3-4-15/h5,7-8,11,14-15,17,20H,3-4,6,9-10,12-13H2,1-2H3,(H,23,24). The zero-order valence-electron chi connectivity index (χ0n) is 15.8. The molecule has 1 aromatic rings. The Kier molecular flexibility index (Phi) is 5.30. The predicted molar refractivity (Wildman–Crippen MR) is 106 cm³/mol. The van der Waals surface area contributed by atoms with Crippen LogP contribution in [0.3, 0.4) is 0 Å². The SMILES string of the molecule is CC(C)CSc1ccc2c(c1)C1CC(NC(=O)CC3CC3)COC1=CC2. The number of rotatable bonds is 6. The maximum absolute atomic E-state index is 12.2. The highest BCUT2D eigenvalue weighted by molar-refractivity contribution is 7.99. The molecule has 4 rings (SSSR count). The number of amides is 1. The third-order valence-electron chi connectivity index (χ3n) is 5.45. The van der Waals surface area contributed by atoms with Gasteiger partial charge in [-0.2, -0.15) is 0 Å². The van der Waals surface area contributed by atoms with E-state index in [1.54, 1.807) is 0 Å². The van der Waals surface area contributed by atoms with Gasteiger partial charge in [-0.3, -0.25) is 4.79 Å². The van der Waals surface area contributed by atoms with Gasteiger partial charge in [0.1, 0.15) is 6.61 Å². The summed E-state index contributed by atoms with van der Waals surface area (Å²) in [5.41, 5.74) is 2.80. The van der Waals surface area contributed by atoms with Gasteiger partial charge in [-0.15, -0.1) is 11.8 Å². The monoisotopic (exact) mass is 371 g/mol. The number of hydrogen-bond acceptors (Lipinski definition) is 3. The highest BCUT2D eigenvalue weighted by Gasteiger charge is 2.34. The molecule has 2 aliphatic carbocycles. The Balaban J connectivity index is 1.45. The van der Waals surface area contributed by atoms with E-state index in [0.29, 0.717) is 30.8 Å². The number of ether oxygens (including phenoxy) is 1. The third-order valence-corrected chi connectivity index (χ3v) is 6.87. The summed E-state index contributed by atoms with van der Waals surface area (Å²) in [6.45, 7) is 5.13. The molecule has 1 saturated carbocycles. The Bertz CT molecular complexity index is 708. The molecule has 3 nitrogen and oxygen atoms in total. The molecule has 140 valence electrons. The van der Waals surface area contributed by atoms with Crippen LogP contribution in [0.1, 0.15) is 56.6 Å². The topological polar surface area (TPSA) is 38.3 Å². The number of allylic oxidation sites excluding steroid dienone is 2. The van der Waals surface area contributed by atoms with Crippen LogP contribution in [0.2, 0.25) is 0 Å². The van der Waals surface area contributed by atoms with Gasteiger partial charge in [0.25, 0.3) is 0 Å². The molecule has 2 atom stereocenters. The molecular weight excluding hydrogens is 342 g/mol. The van der Waals surface area contributed by atoms with Gasteiger partial charge in [-0.05, 0) is 66.9 Å². The summed E-state index contributed by atoms with van der Waals surface area (Å²) >= 11 is 1.94. The van der Waals surface area contributed by atoms with Crippen molar-refractivity contribution in [3.05, 3.63) is 41.2 Å². The second-order valence-electron chi connectivity index (χ2n) is 8.39. The minimum Gasteiger partial charge on any atom is -0.495 e. The molecule has 26 heavy (non-hydrogen) atoms. The molecule has 2 fully saturated rings. The van der Waals surface area contributed by atoms with Crippen molar-refractivity contribution in [2.24, 2.45) is 11.8 Å². The van der Waals surface area contributed by atoms with Crippen LogP contribution in [0.25, 0.3) is 0 Å². The Morgan fingerprint density at radius 3 is 2.96 bits per heavy atom. The quantitative estimate of drug-likeness (QED) is 0.739. The molecule has 0 aromatic heterocycles. The van der Waals surface area contributed by atoms with Gasteiger partial charge >= 0.3 is 0 Å². The molecule has 0 spiro atoms. The zero-order chi connectivity index (χ0) is 18.1. The van der Waals surface area contributed by atoms with Crippen LogP contribution < -0.4 is 5.32 Å². The fourth-order valence-corrected chi connectivity index (χ4v) is 4.77. The summed E-state index contributed by atoms with van der Waals surface area (Å²) in [7, 11) is 0. The summed E-state index contributed by atoms with van der Waals surface area (Å²) in [6, 6.07) is 7.02. The Morgan fingerprint density at radius 2 is 2.19 bits per heavy atom. The molecule has 1 saturated heterocycles. The summed E-state index contributed by atoms with van der Waals surface area (Å²) < 4.78 is 6.05. The molecule has 4 heteroatoms. The summed E-state index contributed by atoms with van der Waals surface area (Å²) in [5.74, 6) is 4.06. The summed E-state index contributed by atoms with van der Waals surface area (Å²) in [5, 5.41) is 3.21. The average molecular weight is 372 g/mol. The van der Waals surface area contributed by atoms with E-state index < -0.39 is 0 Å². The Labute approximate surface area is 161 Å². The highest BCUT2D eigenvalue weighted by atomic mass is 32.2. The van der Waals surface area contributed by atoms with Crippen molar-refractivity contribution >= 4 is 17.7 Å². The first-order chi connectivity index (χ1) is 12.6. The van der Waals surface area contributed by atoms with E-state index in [1.165, 1.54) is 28.9 Å². The number of hydrogen-bond donors (Lipinski definition) is 1. The lowest BCUT2D eigenvalue weighted by Crippen LogP contribution is -2.42. The number of carbonyl (C=O) groups is 1. The van der Waals surface area contributed by atoms with Crippen LogP contribution in [-0.2, 0) is 16.0 Å². The molecule has 3 aliphatic rings. The van der Waals surface area contributed by atoms with E-state index in [4.69, 9.17) is 4.74 Å². The lowest BCUT2D eigenvalue weighted by atomic mass is 9.81. The smallest absolute Gasteiger partial charge is 0.220 e. The van der Waals surface area contributed by atoms with Crippen molar-refractivity contribution < 1.29 is 9.53 Å². The van der Waals surface area contributed by atoms with Crippen molar-refractivity contribution in [1.29, 1.82) is 0 Å². The largest absolute Gasteiger partial charge is 0.495 e. The van der Waals surface area contributed by atoms with Crippen LogP contribution in [0, 0.1) is 11.8 Å². The van der Waals surface area contributed by atoms with Crippen LogP contribution in [0.4, 0.5) is 0 Å². The van der Waals surface area contributed by atoms with Gasteiger partial charge < -0.3 is 10.1 Å². The fraction of sp³-hybridized carbons (Fsp3) is 0.591. The predicted octanol–water partition coefficient (Wildman–Crippen LogP) is 4.66. The van der Waals surface area contributed by atoms with E-state index in [2.05, 4.69) is 43.4 Å². The molecule has 0 radical (unpaired) electrons. The van der Waals surface area contributed by atoms with Crippen LogP contribution >= 0.6 is 11.8 Å². The first-order valence-corrected chi connectivity index (χ1v) is 10.9. The first-order valence-electron chi connectivity index (χ1n) is 9.96. The molecule has 1 aromatic carbocycles. The number of nitrogens with one attached hydrogen (secondary N) is 1. The molecule has 1 N–H and O–H groups in total. The Morgan fingerprint density at radius 1 is 1.35 bits per heavy atom. The van der Waals surface area contributed by atoms with E-state index in [9.17, 15) is 4.79 Å². The number of fused-ring (bicyclic) bond motifs is 3. The van der Waals surface area contributed by atoms with Gasteiger partial charge in [0.05, 0.1) is 11.8 Å². The van der Waals surface area contributed by atoms with Crippen LogP contribution in [-0.4, -0.2) is 24.3 Å². The summed E-state index contributed by atoms with van der Waals surface area (Å²) in [4.78, 5) is 13.5. The molecule has 0 bridgehead atoms. The van der Waals surface area contributed by atoms with Crippen molar-refractivity contribution in [2.45, 2.75) is 62.8 Å². The maximum Gasteiger partial charge on any atom is 0.220 e. The van der Waals surface area contributed by atoms with E-state index >= 15 is 0 Å². The fourth-order valence-electron chi connectivity index (χ4n) is 3.87. The molecule has 1 amide bonds. The molecule has 1 heterocycles. The van der Waals surface area contributed by atoms with Crippen LogP contribution in [0.5, 0.6) is 0 Å². The first kappa shape index (κ1) is 18.0. The van der Waals surface area contributed by atoms with Gasteiger partial charge in [0.15, 0.2) is 0 Å². The number of thioether (sulfide) groups is 1. The van der Waals surface area contributed by atoms with Crippen LogP contribution in [0.15, 0.2) is 34.9 Å². The van der Waals surface area contributed by atoms with Gasteiger partial charge in [0, 0.05) is 23.0 Å². The average Bonchev–Trinajstić information content (AvgIpc) is 3.43. The van der Waals surface area contributed by atoms with Crippen molar-refractivity contribution in [1.82, 2.24) is 5.32 Å². The minimum atomic E-state index is 0.126. The zero-order valence-corrected chi connectivity index (χ0v) is 16.6. The Hall–Kier alpha value is -1.42. The maximum atomic E-state index is 12.2. The number of carbonyl (C=O) groups excluding carboxylic acids is 1. The third kappa shape index (κ3) is 4.28. The van der Waals surface area contributed by atoms with Crippen molar-refractivity contribution in [3.63, 3.8) is 0 Å².